The Balaban J connectivity index is 2.06. The minimum absolute atomic E-state index is 0.122. The highest BCUT2D eigenvalue weighted by atomic mass is 79.9. The normalized spacial score (nSPS) is 12.2. The fourth-order valence-electron chi connectivity index (χ4n) is 1.91. The van der Waals surface area contributed by atoms with Gasteiger partial charge in [0.05, 0.1) is 11.6 Å². The van der Waals surface area contributed by atoms with Crippen LogP contribution < -0.4 is 10.1 Å². The Bertz CT molecular complexity index is 576. The first kappa shape index (κ1) is 14.8. The van der Waals surface area contributed by atoms with Gasteiger partial charge in [-0.25, -0.2) is 0 Å². The van der Waals surface area contributed by atoms with E-state index in [2.05, 4.69) is 33.2 Å². The molecule has 5 heteroatoms. The van der Waals surface area contributed by atoms with E-state index >= 15 is 0 Å². The number of rotatable bonds is 5. The summed E-state index contributed by atoms with van der Waals surface area (Å²) in [5.74, 6) is 0.585. The molecule has 1 aromatic heterocycles. The Morgan fingerprint density at radius 2 is 2.25 bits per heavy atom. The summed E-state index contributed by atoms with van der Waals surface area (Å²) in [6.45, 7) is 2.76. The Morgan fingerprint density at radius 3 is 2.90 bits per heavy atom. The third-order valence-corrected chi connectivity index (χ3v) is 3.71. The number of halogens is 1. The van der Waals surface area contributed by atoms with Gasteiger partial charge >= 0.3 is 0 Å². The van der Waals surface area contributed by atoms with E-state index in [1.165, 1.54) is 7.11 Å². The van der Waals surface area contributed by atoms with E-state index in [4.69, 9.17) is 4.74 Å². The summed E-state index contributed by atoms with van der Waals surface area (Å²) in [6.07, 6.45) is 3.61. The topological polar surface area (TPSA) is 54.4 Å². The van der Waals surface area contributed by atoms with Crippen molar-refractivity contribution in [3.05, 3.63) is 52.3 Å². The molecular weight excluding hydrogens is 320 g/mol. The van der Waals surface area contributed by atoms with Gasteiger partial charge in [0.2, 0.25) is 0 Å². The second-order valence-corrected chi connectivity index (χ2v) is 5.37. The van der Waals surface area contributed by atoms with Gasteiger partial charge in [-0.1, -0.05) is 6.07 Å². The molecule has 0 radical (unpaired) electrons. The van der Waals surface area contributed by atoms with E-state index in [0.717, 1.165) is 11.1 Å². The van der Waals surface area contributed by atoms with E-state index < -0.39 is 0 Å². The number of benzene rings is 1. The van der Waals surface area contributed by atoms with Crippen LogP contribution in [-0.4, -0.2) is 17.2 Å². The predicted octanol–water partition coefficient (Wildman–Crippen LogP) is 3.41. The van der Waals surface area contributed by atoms with Crippen LogP contribution in [-0.2, 0) is 6.54 Å². The van der Waals surface area contributed by atoms with Crippen LogP contribution in [0, 0.1) is 0 Å². The first-order valence-corrected chi connectivity index (χ1v) is 7.09. The van der Waals surface area contributed by atoms with Crippen molar-refractivity contribution in [1.29, 1.82) is 0 Å². The Hall–Kier alpha value is -1.59. The minimum atomic E-state index is 0.122. The lowest BCUT2D eigenvalue weighted by Crippen LogP contribution is -2.18. The second kappa shape index (κ2) is 6.72. The number of hydrogen-bond acceptors (Lipinski definition) is 4. The van der Waals surface area contributed by atoms with E-state index in [1.54, 1.807) is 6.20 Å². The van der Waals surface area contributed by atoms with Gasteiger partial charge in [-0.05, 0) is 52.2 Å². The van der Waals surface area contributed by atoms with Crippen molar-refractivity contribution in [2.24, 2.45) is 0 Å². The number of pyridine rings is 1. The summed E-state index contributed by atoms with van der Waals surface area (Å²) >= 11 is 3.32. The van der Waals surface area contributed by atoms with Crippen molar-refractivity contribution < 1.29 is 9.84 Å². The molecule has 0 saturated carbocycles. The molecule has 1 atom stereocenters. The average Bonchev–Trinajstić information content (AvgIpc) is 2.48. The smallest absolute Gasteiger partial charge is 0.172 e. The summed E-state index contributed by atoms with van der Waals surface area (Å²) in [4.78, 5) is 4.11. The van der Waals surface area contributed by atoms with Gasteiger partial charge in [0, 0.05) is 25.0 Å². The zero-order valence-corrected chi connectivity index (χ0v) is 13.0. The summed E-state index contributed by atoms with van der Waals surface area (Å²) in [6, 6.07) is 7.86. The van der Waals surface area contributed by atoms with Crippen LogP contribution in [0.4, 0.5) is 0 Å². The highest BCUT2D eigenvalue weighted by Gasteiger charge is 2.10. The number of methoxy groups -OCH3 is 1. The van der Waals surface area contributed by atoms with Crippen LogP contribution in [0.5, 0.6) is 11.5 Å². The summed E-state index contributed by atoms with van der Waals surface area (Å²) in [5.41, 5.74) is 2.17. The number of nitrogens with one attached hydrogen (secondary N) is 1. The lowest BCUT2D eigenvalue weighted by molar-refractivity contribution is 0.371. The Morgan fingerprint density at radius 1 is 1.45 bits per heavy atom. The van der Waals surface area contributed by atoms with Crippen molar-refractivity contribution in [3.63, 3.8) is 0 Å². The van der Waals surface area contributed by atoms with Crippen LogP contribution in [0.3, 0.4) is 0 Å². The Labute approximate surface area is 126 Å². The van der Waals surface area contributed by atoms with Gasteiger partial charge in [0.1, 0.15) is 0 Å². The molecule has 2 aromatic rings. The molecule has 2 N–H and O–H groups in total. The van der Waals surface area contributed by atoms with Gasteiger partial charge in [-0.15, -0.1) is 0 Å². The van der Waals surface area contributed by atoms with Crippen molar-refractivity contribution in [2.45, 2.75) is 19.5 Å². The molecule has 0 unspecified atom stereocenters. The molecule has 1 heterocycles. The lowest BCUT2D eigenvalue weighted by Gasteiger charge is -2.15. The molecular formula is C15H17BrN2O2. The molecule has 106 valence electrons. The van der Waals surface area contributed by atoms with Crippen molar-refractivity contribution in [1.82, 2.24) is 10.3 Å². The number of aromatic nitrogens is 1. The molecule has 0 aliphatic carbocycles. The quantitative estimate of drug-likeness (QED) is 0.878. The number of aromatic hydroxyl groups is 1. The third-order valence-electron chi connectivity index (χ3n) is 3.10. The van der Waals surface area contributed by atoms with Gasteiger partial charge in [-0.3, -0.25) is 4.98 Å². The summed E-state index contributed by atoms with van der Waals surface area (Å²) in [5, 5.41) is 13.2. The molecule has 2 rings (SSSR count). The first-order valence-electron chi connectivity index (χ1n) is 6.30. The number of phenols is 1. The molecule has 0 aliphatic heterocycles. The summed E-state index contributed by atoms with van der Waals surface area (Å²) < 4.78 is 5.77. The van der Waals surface area contributed by atoms with E-state index in [9.17, 15) is 5.11 Å². The molecule has 0 aliphatic rings. The largest absolute Gasteiger partial charge is 0.503 e. The average molecular weight is 337 g/mol. The van der Waals surface area contributed by atoms with E-state index in [0.29, 0.717) is 16.8 Å². The summed E-state index contributed by atoms with van der Waals surface area (Å²) in [7, 11) is 1.54. The molecule has 1 aromatic carbocycles. The van der Waals surface area contributed by atoms with Gasteiger partial charge in [-0.2, -0.15) is 0 Å². The van der Waals surface area contributed by atoms with Crippen LogP contribution in [0.1, 0.15) is 24.1 Å². The number of hydrogen-bond donors (Lipinski definition) is 2. The zero-order chi connectivity index (χ0) is 14.5. The molecule has 0 fully saturated rings. The highest BCUT2D eigenvalue weighted by molar-refractivity contribution is 9.10. The van der Waals surface area contributed by atoms with Crippen molar-refractivity contribution >= 4 is 15.9 Å². The minimum Gasteiger partial charge on any atom is -0.503 e. The fourth-order valence-corrected chi connectivity index (χ4v) is 2.40. The molecule has 0 amide bonds. The third kappa shape index (κ3) is 3.49. The van der Waals surface area contributed by atoms with Gasteiger partial charge in [0.25, 0.3) is 0 Å². The molecule has 0 spiro atoms. The van der Waals surface area contributed by atoms with Crippen LogP contribution in [0.25, 0.3) is 0 Å². The predicted molar refractivity (Wildman–Crippen MR) is 81.9 cm³/mol. The van der Waals surface area contributed by atoms with Crippen molar-refractivity contribution in [2.75, 3.05) is 7.11 Å². The number of nitrogens with zero attached hydrogens (tertiary/aromatic N) is 1. The molecule has 0 bridgehead atoms. The molecule has 4 nitrogen and oxygen atoms in total. The van der Waals surface area contributed by atoms with Gasteiger partial charge in [0.15, 0.2) is 11.5 Å². The Kier molecular flexibility index (Phi) is 4.98. The second-order valence-electron chi connectivity index (χ2n) is 4.52. The van der Waals surface area contributed by atoms with Gasteiger partial charge < -0.3 is 15.2 Å². The zero-order valence-electron chi connectivity index (χ0n) is 11.4. The lowest BCUT2D eigenvalue weighted by atomic mass is 10.1. The number of phenolic OH excluding ortho intramolecular Hbond substituents is 1. The fraction of sp³-hybridized carbons (Fsp3) is 0.267. The van der Waals surface area contributed by atoms with Crippen LogP contribution in [0.2, 0.25) is 0 Å². The maximum Gasteiger partial charge on any atom is 0.172 e. The molecule has 0 saturated heterocycles. The maximum absolute atomic E-state index is 9.78. The van der Waals surface area contributed by atoms with E-state index in [1.807, 2.05) is 30.5 Å². The highest BCUT2D eigenvalue weighted by Crippen LogP contribution is 2.35. The standard InChI is InChI=1S/C15H17BrN2O2/c1-10(12-4-3-5-17-9-12)18-8-11-6-13(16)15(19)14(7-11)20-2/h3-7,9-10,18-19H,8H2,1-2H3/t10-/m1/s1. The molecule has 20 heavy (non-hydrogen) atoms. The van der Waals surface area contributed by atoms with E-state index in [-0.39, 0.29) is 11.8 Å². The number of ether oxygens (including phenoxy) is 1. The van der Waals surface area contributed by atoms with Crippen LogP contribution >= 0.6 is 15.9 Å². The van der Waals surface area contributed by atoms with Crippen LogP contribution in [0.15, 0.2) is 41.1 Å². The van der Waals surface area contributed by atoms with Crippen molar-refractivity contribution in [3.8, 4) is 11.5 Å². The first-order chi connectivity index (χ1) is 9.61. The monoisotopic (exact) mass is 336 g/mol. The SMILES string of the molecule is COc1cc(CN[C@H](C)c2cccnc2)cc(Br)c1O. The maximum atomic E-state index is 9.78.